The minimum absolute atomic E-state index is 0.0103. The Morgan fingerprint density at radius 2 is 2.00 bits per heavy atom. The monoisotopic (exact) mass is 257 g/mol. The van der Waals surface area contributed by atoms with Gasteiger partial charge >= 0.3 is 0 Å². The standard InChI is InChI=1S/C10H12BrNO2/c11-7-1-3-8(4-2-7)12-9-5-14-6-10(9)13/h1-4,9-10,12-13H,5-6H2. The van der Waals surface area contributed by atoms with E-state index >= 15 is 0 Å². The van der Waals surface area contributed by atoms with Crippen molar-refractivity contribution in [1.82, 2.24) is 0 Å². The Morgan fingerprint density at radius 3 is 2.57 bits per heavy atom. The molecular weight excluding hydrogens is 246 g/mol. The molecule has 2 unspecified atom stereocenters. The zero-order chi connectivity index (χ0) is 9.97. The molecule has 1 aromatic rings. The first-order valence-electron chi connectivity index (χ1n) is 4.53. The van der Waals surface area contributed by atoms with Crippen LogP contribution in [0.15, 0.2) is 28.7 Å². The molecule has 3 nitrogen and oxygen atoms in total. The molecule has 1 aliphatic heterocycles. The Bertz CT molecular complexity index is 301. The van der Waals surface area contributed by atoms with Crippen LogP contribution in [0.3, 0.4) is 0 Å². The molecule has 0 radical (unpaired) electrons. The number of benzene rings is 1. The SMILES string of the molecule is OC1COCC1Nc1ccc(Br)cc1. The van der Waals surface area contributed by atoms with Crippen molar-refractivity contribution < 1.29 is 9.84 Å². The van der Waals surface area contributed by atoms with Crippen molar-refractivity contribution >= 4 is 21.6 Å². The van der Waals surface area contributed by atoms with E-state index < -0.39 is 6.10 Å². The van der Waals surface area contributed by atoms with Crippen LogP contribution in [0.2, 0.25) is 0 Å². The van der Waals surface area contributed by atoms with Crippen molar-refractivity contribution in [2.45, 2.75) is 12.1 Å². The Morgan fingerprint density at radius 1 is 1.29 bits per heavy atom. The summed E-state index contributed by atoms with van der Waals surface area (Å²) in [5, 5.41) is 12.7. The summed E-state index contributed by atoms with van der Waals surface area (Å²) in [4.78, 5) is 0. The summed E-state index contributed by atoms with van der Waals surface area (Å²) >= 11 is 3.37. The number of hydrogen-bond donors (Lipinski definition) is 2. The zero-order valence-electron chi connectivity index (χ0n) is 7.61. The number of nitrogens with one attached hydrogen (secondary N) is 1. The third-order valence-corrected chi connectivity index (χ3v) is 2.78. The van der Waals surface area contributed by atoms with Crippen LogP contribution in [0, 0.1) is 0 Å². The number of anilines is 1. The van der Waals surface area contributed by atoms with Gasteiger partial charge in [0, 0.05) is 10.2 Å². The van der Waals surface area contributed by atoms with E-state index in [0.717, 1.165) is 10.2 Å². The van der Waals surface area contributed by atoms with Crippen molar-refractivity contribution in [3.05, 3.63) is 28.7 Å². The lowest BCUT2D eigenvalue weighted by atomic mass is 10.2. The molecule has 0 amide bonds. The van der Waals surface area contributed by atoms with E-state index in [1.54, 1.807) is 0 Å². The lowest BCUT2D eigenvalue weighted by Crippen LogP contribution is -2.31. The normalized spacial score (nSPS) is 26.4. The number of rotatable bonds is 2. The summed E-state index contributed by atoms with van der Waals surface area (Å²) in [6, 6.07) is 7.87. The molecule has 2 N–H and O–H groups in total. The molecule has 76 valence electrons. The third-order valence-electron chi connectivity index (χ3n) is 2.25. The molecule has 0 saturated carbocycles. The Labute approximate surface area is 91.2 Å². The summed E-state index contributed by atoms with van der Waals surface area (Å²) in [7, 11) is 0. The topological polar surface area (TPSA) is 41.5 Å². The van der Waals surface area contributed by atoms with Gasteiger partial charge in [0.2, 0.25) is 0 Å². The quantitative estimate of drug-likeness (QED) is 0.847. The maximum absolute atomic E-state index is 9.51. The minimum Gasteiger partial charge on any atom is -0.388 e. The summed E-state index contributed by atoms with van der Waals surface area (Å²) < 4.78 is 6.19. The molecule has 0 aliphatic carbocycles. The third kappa shape index (κ3) is 2.26. The average Bonchev–Trinajstić information content (AvgIpc) is 2.56. The lowest BCUT2D eigenvalue weighted by Gasteiger charge is -2.15. The summed E-state index contributed by atoms with van der Waals surface area (Å²) in [6.45, 7) is 0.991. The molecule has 0 aromatic heterocycles. The van der Waals surface area contributed by atoms with E-state index in [9.17, 15) is 5.11 Å². The van der Waals surface area contributed by atoms with Gasteiger partial charge in [-0.25, -0.2) is 0 Å². The van der Waals surface area contributed by atoms with Gasteiger partial charge in [-0.1, -0.05) is 15.9 Å². The van der Waals surface area contributed by atoms with E-state index in [1.165, 1.54) is 0 Å². The van der Waals surface area contributed by atoms with Gasteiger partial charge in [0.25, 0.3) is 0 Å². The predicted octanol–water partition coefficient (Wildman–Crippen LogP) is 1.62. The highest BCUT2D eigenvalue weighted by atomic mass is 79.9. The van der Waals surface area contributed by atoms with Crippen LogP contribution in [0.1, 0.15) is 0 Å². The van der Waals surface area contributed by atoms with E-state index in [4.69, 9.17) is 4.74 Å². The fraction of sp³-hybridized carbons (Fsp3) is 0.400. The average molecular weight is 258 g/mol. The number of aliphatic hydroxyl groups is 1. The zero-order valence-corrected chi connectivity index (χ0v) is 9.20. The van der Waals surface area contributed by atoms with Crippen molar-refractivity contribution in [1.29, 1.82) is 0 Å². The maximum atomic E-state index is 9.51. The fourth-order valence-corrected chi connectivity index (χ4v) is 1.71. The number of ether oxygens (including phenoxy) is 1. The number of halogens is 1. The predicted molar refractivity (Wildman–Crippen MR) is 58.4 cm³/mol. The first-order chi connectivity index (χ1) is 6.75. The molecule has 0 spiro atoms. The Kier molecular flexibility index (Phi) is 3.05. The highest BCUT2D eigenvalue weighted by molar-refractivity contribution is 9.10. The van der Waals surface area contributed by atoms with Gasteiger partial charge in [-0.15, -0.1) is 0 Å². The first-order valence-corrected chi connectivity index (χ1v) is 5.33. The van der Waals surface area contributed by atoms with Gasteiger partial charge in [0.15, 0.2) is 0 Å². The molecule has 2 atom stereocenters. The van der Waals surface area contributed by atoms with Crippen molar-refractivity contribution in [3.63, 3.8) is 0 Å². The van der Waals surface area contributed by atoms with Crippen molar-refractivity contribution in [2.24, 2.45) is 0 Å². The molecule has 1 fully saturated rings. The van der Waals surface area contributed by atoms with Crippen LogP contribution >= 0.6 is 15.9 Å². The van der Waals surface area contributed by atoms with E-state index in [0.29, 0.717) is 13.2 Å². The Balaban J connectivity index is 2.00. The highest BCUT2D eigenvalue weighted by Crippen LogP contribution is 2.17. The van der Waals surface area contributed by atoms with Crippen LogP contribution in [-0.2, 0) is 4.74 Å². The molecule has 1 aliphatic rings. The number of aliphatic hydroxyl groups excluding tert-OH is 1. The van der Waals surface area contributed by atoms with Crippen molar-refractivity contribution in [3.8, 4) is 0 Å². The molecule has 1 heterocycles. The molecule has 4 heteroatoms. The highest BCUT2D eigenvalue weighted by Gasteiger charge is 2.25. The van der Waals surface area contributed by atoms with E-state index in [1.807, 2.05) is 24.3 Å². The molecule has 1 aromatic carbocycles. The van der Waals surface area contributed by atoms with Gasteiger partial charge in [0.05, 0.1) is 25.4 Å². The molecular formula is C10H12BrNO2. The molecule has 1 saturated heterocycles. The lowest BCUT2D eigenvalue weighted by molar-refractivity contribution is 0.125. The fourth-order valence-electron chi connectivity index (χ4n) is 1.44. The van der Waals surface area contributed by atoms with Crippen LogP contribution < -0.4 is 5.32 Å². The van der Waals surface area contributed by atoms with Crippen molar-refractivity contribution in [2.75, 3.05) is 18.5 Å². The van der Waals surface area contributed by atoms with Gasteiger partial charge in [-0.2, -0.15) is 0 Å². The van der Waals surface area contributed by atoms with E-state index in [2.05, 4.69) is 21.2 Å². The molecule has 14 heavy (non-hydrogen) atoms. The van der Waals surface area contributed by atoms with Crippen LogP contribution in [0.5, 0.6) is 0 Å². The second kappa shape index (κ2) is 4.29. The van der Waals surface area contributed by atoms with Gasteiger partial charge < -0.3 is 15.2 Å². The van der Waals surface area contributed by atoms with Crippen LogP contribution in [0.25, 0.3) is 0 Å². The maximum Gasteiger partial charge on any atom is 0.0996 e. The smallest absolute Gasteiger partial charge is 0.0996 e. The summed E-state index contributed by atoms with van der Waals surface area (Å²) in [5.41, 5.74) is 1.00. The van der Waals surface area contributed by atoms with Gasteiger partial charge in [0.1, 0.15) is 0 Å². The Hall–Kier alpha value is -0.580. The summed E-state index contributed by atoms with van der Waals surface area (Å²) in [6.07, 6.45) is -0.404. The van der Waals surface area contributed by atoms with Crippen LogP contribution in [-0.4, -0.2) is 30.5 Å². The minimum atomic E-state index is -0.404. The molecule has 0 bridgehead atoms. The second-order valence-electron chi connectivity index (χ2n) is 3.36. The van der Waals surface area contributed by atoms with Crippen LogP contribution in [0.4, 0.5) is 5.69 Å². The van der Waals surface area contributed by atoms with E-state index in [-0.39, 0.29) is 6.04 Å². The van der Waals surface area contributed by atoms with Gasteiger partial charge in [-0.3, -0.25) is 0 Å². The first kappa shape index (κ1) is 9.96. The van der Waals surface area contributed by atoms with Gasteiger partial charge in [-0.05, 0) is 24.3 Å². The number of hydrogen-bond acceptors (Lipinski definition) is 3. The summed E-state index contributed by atoms with van der Waals surface area (Å²) in [5.74, 6) is 0. The second-order valence-corrected chi connectivity index (χ2v) is 4.28. The molecule has 2 rings (SSSR count). The largest absolute Gasteiger partial charge is 0.388 e.